The van der Waals surface area contributed by atoms with Gasteiger partial charge >= 0.3 is 6.03 Å². The van der Waals surface area contributed by atoms with Gasteiger partial charge < -0.3 is 20.4 Å². The lowest BCUT2D eigenvalue weighted by Crippen LogP contribution is -2.37. The van der Waals surface area contributed by atoms with Crippen LogP contribution in [0.15, 0.2) is 24.3 Å². The van der Waals surface area contributed by atoms with Gasteiger partial charge in [-0.1, -0.05) is 19.1 Å². The summed E-state index contributed by atoms with van der Waals surface area (Å²) in [5, 5.41) is 21.1. The molecule has 0 spiro atoms. The highest BCUT2D eigenvalue weighted by Crippen LogP contribution is 2.15. The molecule has 1 unspecified atom stereocenters. The Morgan fingerprint density at radius 2 is 1.95 bits per heavy atom. The third-order valence-corrected chi connectivity index (χ3v) is 2.80. The molecule has 5 nitrogen and oxygen atoms in total. The Labute approximate surface area is 113 Å². The zero-order valence-electron chi connectivity index (χ0n) is 11.5. The molecule has 106 valence electrons. The van der Waals surface area contributed by atoms with Crippen LogP contribution in [0, 0.1) is 0 Å². The lowest BCUT2D eigenvalue weighted by Gasteiger charge is -2.21. The predicted molar refractivity (Wildman–Crippen MR) is 75.0 cm³/mol. The van der Waals surface area contributed by atoms with Crippen molar-refractivity contribution < 1.29 is 15.0 Å². The van der Waals surface area contributed by atoms with Crippen LogP contribution in [0.25, 0.3) is 0 Å². The number of hydrogen-bond donors (Lipinski definition) is 3. The number of rotatable bonds is 6. The minimum Gasteiger partial charge on any atom is -0.395 e. The number of aliphatic hydroxyl groups is 2. The Kier molecular flexibility index (Phi) is 6.32. The van der Waals surface area contributed by atoms with E-state index in [0.29, 0.717) is 18.8 Å². The summed E-state index contributed by atoms with van der Waals surface area (Å²) in [7, 11) is 0. The summed E-state index contributed by atoms with van der Waals surface area (Å²) < 4.78 is 0. The van der Waals surface area contributed by atoms with E-state index in [-0.39, 0.29) is 12.6 Å². The zero-order valence-corrected chi connectivity index (χ0v) is 11.5. The van der Waals surface area contributed by atoms with Gasteiger partial charge in [-0.05, 0) is 31.0 Å². The van der Waals surface area contributed by atoms with Gasteiger partial charge in [-0.25, -0.2) is 4.79 Å². The first-order chi connectivity index (χ1) is 9.08. The molecule has 2 amide bonds. The average molecular weight is 266 g/mol. The molecule has 0 bridgehead atoms. The van der Waals surface area contributed by atoms with Gasteiger partial charge in [0.1, 0.15) is 0 Å². The second-order valence-corrected chi connectivity index (χ2v) is 4.44. The van der Waals surface area contributed by atoms with Gasteiger partial charge in [0.15, 0.2) is 0 Å². The highest BCUT2D eigenvalue weighted by atomic mass is 16.3. The SMILES string of the molecule is CCCN(CCO)C(=O)Nc1ccc(C(C)O)cc1. The van der Waals surface area contributed by atoms with Crippen LogP contribution in [0.1, 0.15) is 31.9 Å². The number of carbonyl (C=O) groups is 1. The highest BCUT2D eigenvalue weighted by Gasteiger charge is 2.12. The van der Waals surface area contributed by atoms with Crippen LogP contribution in [-0.2, 0) is 0 Å². The summed E-state index contributed by atoms with van der Waals surface area (Å²) >= 11 is 0. The van der Waals surface area contributed by atoms with Crippen LogP contribution in [-0.4, -0.2) is 40.8 Å². The van der Waals surface area contributed by atoms with Crippen molar-refractivity contribution in [3.63, 3.8) is 0 Å². The quantitative estimate of drug-likeness (QED) is 0.737. The number of nitrogens with one attached hydrogen (secondary N) is 1. The van der Waals surface area contributed by atoms with Crippen molar-refractivity contribution in [3.05, 3.63) is 29.8 Å². The van der Waals surface area contributed by atoms with Gasteiger partial charge in [-0.3, -0.25) is 0 Å². The van der Waals surface area contributed by atoms with Crippen molar-refractivity contribution in [2.75, 3.05) is 25.0 Å². The molecule has 0 saturated heterocycles. The normalized spacial score (nSPS) is 12.0. The molecule has 0 saturated carbocycles. The number of anilines is 1. The molecular weight excluding hydrogens is 244 g/mol. The van der Waals surface area contributed by atoms with Gasteiger partial charge in [0.05, 0.1) is 12.7 Å². The minimum absolute atomic E-state index is 0.0472. The van der Waals surface area contributed by atoms with E-state index in [0.717, 1.165) is 12.0 Å². The third kappa shape index (κ3) is 4.89. The number of urea groups is 1. The van der Waals surface area contributed by atoms with E-state index in [4.69, 9.17) is 5.11 Å². The van der Waals surface area contributed by atoms with E-state index in [9.17, 15) is 9.90 Å². The smallest absolute Gasteiger partial charge is 0.321 e. The molecule has 0 aliphatic carbocycles. The minimum atomic E-state index is -0.518. The molecule has 5 heteroatoms. The molecule has 0 fully saturated rings. The van der Waals surface area contributed by atoms with Gasteiger partial charge in [0.2, 0.25) is 0 Å². The van der Waals surface area contributed by atoms with Crippen LogP contribution in [0.4, 0.5) is 10.5 Å². The largest absolute Gasteiger partial charge is 0.395 e. The van der Waals surface area contributed by atoms with Crippen LogP contribution in [0.3, 0.4) is 0 Å². The number of amides is 2. The summed E-state index contributed by atoms with van der Waals surface area (Å²) in [4.78, 5) is 13.5. The molecule has 0 radical (unpaired) electrons. The molecule has 1 aromatic carbocycles. The number of hydrogen-bond acceptors (Lipinski definition) is 3. The molecule has 19 heavy (non-hydrogen) atoms. The summed E-state index contributed by atoms with van der Waals surface area (Å²) in [6.45, 7) is 4.56. The van der Waals surface area contributed by atoms with Crippen LogP contribution < -0.4 is 5.32 Å². The Hall–Kier alpha value is -1.59. The first kappa shape index (κ1) is 15.5. The van der Waals surface area contributed by atoms with E-state index >= 15 is 0 Å². The molecule has 0 aliphatic heterocycles. The average Bonchev–Trinajstić information content (AvgIpc) is 2.39. The van der Waals surface area contributed by atoms with E-state index in [2.05, 4.69) is 5.32 Å². The van der Waals surface area contributed by atoms with E-state index in [1.165, 1.54) is 0 Å². The second kappa shape index (κ2) is 7.76. The van der Waals surface area contributed by atoms with Gasteiger partial charge in [0.25, 0.3) is 0 Å². The van der Waals surface area contributed by atoms with E-state index in [1.807, 2.05) is 6.92 Å². The second-order valence-electron chi connectivity index (χ2n) is 4.44. The Morgan fingerprint density at radius 1 is 1.32 bits per heavy atom. The fourth-order valence-electron chi connectivity index (χ4n) is 1.75. The van der Waals surface area contributed by atoms with Crippen LogP contribution in [0.5, 0.6) is 0 Å². The summed E-state index contributed by atoms with van der Waals surface area (Å²) in [6.07, 6.45) is 0.324. The van der Waals surface area contributed by atoms with E-state index in [1.54, 1.807) is 36.1 Å². The van der Waals surface area contributed by atoms with Crippen molar-refractivity contribution in [1.29, 1.82) is 0 Å². The molecule has 1 atom stereocenters. The number of carbonyl (C=O) groups excluding carboxylic acids is 1. The van der Waals surface area contributed by atoms with Gasteiger partial charge in [0, 0.05) is 18.8 Å². The van der Waals surface area contributed by atoms with Crippen molar-refractivity contribution in [2.45, 2.75) is 26.4 Å². The molecular formula is C14H22N2O3. The maximum absolute atomic E-state index is 12.0. The lowest BCUT2D eigenvalue weighted by molar-refractivity contribution is 0.188. The maximum atomic E-state index is 12.0. The zero-order chi connectivity index (χ0) is 14.3. The van der Waals surface area contributed by atoms with Crippen LogP contribution in [0.2, 0.25) is 0 Å². The fraction of sp³-hybridized carbons (Fsp3) is 0.500. The molecule has 3 N–H and O–H groups in total. The molecule has 0 heterocycles. The predicted octanol–water partition coefficient (Wildman–Crippen LogP) is 1.98. The van der Waals surface area contributed by atoms with Crippen molar-refractivity contribution in [2.24, 2.45) is 0 Å². The fourth-order valence-corrected chi connectivity index (χ4v) is 1.75. The van der Waals surface area contributed by atoms with Gasteiger partial charge in [-0.2, -0.15) is 0 Å². The van der Waals surface area contributed by atoms with Crippen molar-refractivity contribution >= 4 is 11.7 Å². The number of benzene rings is 1. The first-order valence-electron chi connectivity index (χ1n) is 6.53. The number of aliphatic hydroxyl groups excluding tert-OH is 2. The number of nitrogens with zero attached hydrogens (tertiary/aromatic N) is 1. The molecule has 1 rings (SSSR count). The molecule has 0 aliphatic rings. The maximum Gasteiger partial charge on any atom is 0.321 e. The standard InChI is InChI=1S/C14H22N2O3/c1-3-8-16(9-10-17)14(19)15-13-6-4-12(5-7-13)11(2)18/h4-7,11,17-18H,3,8-10H2,1-2H3,(H,15,19). The third-order valence-electron chi connectivity index (χ3n) is 2.80. The van der Waals surface area contributed by atoms with Crippen molar-refractivity contribution in [3.8, 4) is 0 Å². The Balaban J connectivity index is 2.64. The molecule has 0 aromatic heterocycles. The summed E-state index contributed by atoms with van der Waals surface area (Å²) in [5.74, 6) is 0. The highest BCUT2D eigenvalue weighted by molar-refractivity contribution is 5.89. The Morgan fingerprint density at radius 3 is 2.42 bits per heavy atom. The summed E-state index contributed by atoms with van der Waals surface area (Å²) in [5.41, 5.74) is 1.48. The topological polar surface area (TPSA) is 72.8 Å². The molecule has 1 aromatic rings. The Bertz CT molecular complexity index is 384. The first-order valence-corrected chi connectivity index (χ1v) is 6.53. The monoisotopic (exact) mass is 266 g/mol. The van der Waals surface area contributed by atoms with E-state index < -0.39 is 6.10 Å². The lowest BCUT2D eigenvalue weighted by atomic mass is 10.1. The van der Waals surface area contributed by atoms with Gasteiger partial charge in [-0.15, -0.1) is 0 Å². The van der Waals surface area contributed by atoms with Crippen molar-refractivity contribution in [1.82, 2.24) is 4.90 Å². The summed E-state index contributed by atoms with van der Waals surface area (Å²) in [6, 6.07) is 6.83. The van der Waals surface area contributed by atoms with Crippen LogP contribution >= 0.6 is 0 Å².